The Morgan fingerprint density at radius 2 is 2.25 bits per heavy atom. The molecule has 1 N–H and O–H groups in total. The van der Waals surface area contributed by atoms with Crippen molar-refractivity contribution in [2.45, 2.75) is 25.8 Å². The number of likely N-dealkylation sites (N-methyl/N-ethyl adjacent to an activating group) is 1. The van der Waals surface area contributed by atoms with E-state index in [1.165, 1.54) is 0 Å². The van der Waals surface area contributed by atoms with Crippen LogP contribution in [0, 0.1) is 13.0 Å². The van der Waals surface area contributed by atoms with Crippen LogP contribution in [-0.4, -0.2) is 53.9 Å². The quantitative estimate of drug-likeness (QED) is 0.914. The number of nitrogens with one attached hydrogen (secondary N) is 1. The first kappa shape index (κ1) is 16.5. The largest absolute Gasteiger partial charge is 0.484 e. The van der Waals surface area contributed by atoms with Crippen molar-refractivity contribution in [3.63, 3.8) is 0 Å². The Bertz CT molecular complexity index is 692. The molecule has 0 bridgehead atoms. The minimum atomic E-state index is -0.0215. The zero-order valence-electron chi connectivity index (χ0n) is 14.0. The van der Waals surface area contributed by atoms with Gasteiger partial charge in [-0.1, -0.05) is 0 Å². The molecule has 1 fully saturated rings. The molecule has 0 saturated carbocycles. The van der Waals surface area contributed by atoms with E-state index in [0.717, 1.165) is 29.7 Å². The summed E-state index contributed by atoms with van der Waals surface area (Å²) in [5.41, 5.74) is 2.88. The summed E-state index contributed by atoms with van der Waals surface area (Å²) in [6.07, 6.45) is 3.60. The lowest BCUT2D eigenvalue weighted by atomic mass is 10.1. The number of hydrogen-bond acceptors (Lipinski definition) is 4. The second-order valence-electron chi connectivity index (χ2n) is 5.98. The molecule has 2 aromatic rings. The van der Waals surface area contributed by atoms with Gasteiger partial charge in [0.2, 0.25) is 0 Å². The lowest BCUT2D eigenvalue weighted by Gasteiger charge is -2.31. The van der Waals surface area contributed by atoms with Gasteiger partial charge in [-0.05, 0) is 49.6 Å². The Labute approximate surface area is 141 Å². The van der Waals surface area contributed by atoms with Crippen LogP contribution >= 0.6 is 0 Å². The number of hydrogen-bond donors (Lipinski definition) is 1. The fraction of sp³-hybridized carbons (Fsp3) is 0.444. The molecule has 1 radical (unpaired) electrons. The second kappa shape index (κ2) is 7.49. The number of ether oxygens (including phenoxy) is 2. The zero-order chi connectivity index (χ0) is 16.9. The molecule has 0 spiro atoms. The zero-order valence-corrected chi connectivity index (χ0v) is 14.0. The summed E-state index contributed by atoms with van der Waals surface area (Å²) in [4.78, 5) is 14.1. The van der Waals surface area contributed by atoms with Gasteiger partial charge in [0.25, 0.3) is 5.91 Å². The van der Waals surface area contributed by atoms with Gasteiger partial charge in [0.05, 0.1) is 5.69 Å². The Kier molecular flexibility index (Phi) is 5.15. The fourth-order valence-electron chi connectivity index (χ4n) is 2.86. The number of carbonyl (C=O) groups is 1. The van der Waals surface area contributed by atoms with Gasteiger partial charge in [0.1, 0.15) is 5.75 Å². The number of amides is 1. The van der Waals surface area contributed by atoms with Crippen molar-refractivity contribution in [3.8, 4) is 16.9 Å². The van der Waals surface area contributed by atoms with Crippen molar-refractivity contribution in [1.82, 2.24) is 15.1 Å². The maximum absolute atomic E-state index is 12.3. The van der Waals surface area contributed by atoms with Crippen LogP contribution < -0.4 is 4.74 Å². The Balaban J connectivity index is 1.60. The van der Waals surface area contributed by atoms with Crippen LogP contribution in [0.1, 0.15) is 18.5 Å². The van der Waals surface area contributed by atoms with E-state index < -0.39 is 0 Å². The Hall–Kier alpha value is -2.34. The lowest BCUT2D eigenvalue weighted by molar-refractivity contribution is -0.135. The maximum Gasteiger partial charge on any atom is 0.260 e. The number of aromatic nitrogens is 2. The first-order chi connectivity index (χ1) is 11.6. The van der Waals surface area contributed by atoms with E-state index in [4.69, 9.17) is 9.47 Å². The molecule has 1 saturated heterocycles. The second-order valence-corrected chi connectivity index (χ2v) is 5.98. The molecule has 3 rings (SSSR count). The van der Waals surface area contributed by atoms with E-state index in [1.807, 2.05) is 32.3 Å². The molecule has 1 amide bonds. The normalized spacial score (nSPS) is 15.2. The molecular formula is C18H22N3O3. The molecule has 2 heterocycles. The smallest absolute Gasteiger partial charge is 0.260 e. The number of carbonyl (C=O) groups excluding carboxylic acids is 1. The molecule has 1 aliphatic heterocycles. The minimum absolute atomic E-state index is 0.0215. The summed E-state index contributed by atoms with van der Waals surface area (Å²) in [6.45, 7) is 3.38. The predicted octanol–water partition coefficient (Wildman–Crippen LogP) is 2.20. The molecule has 0 atom stereocenters. The molecular weight excluding hydrogens is 306 g/mol. The van der Waals surface area contributed by atoms with Gasteiger partial charge in [-0.3, -0.25) is 9.89 Å². The first-order valence-electron chi connectivity index (χ1n) is 8.13. The van der Waals surface area contributed by atoms with Crippen LogP contribution in [0.5, 0.6) is 5.75 Å². The van der Waals surface area contributed by atoms with Crippen LogP contribution in [0.4, 0.5) is 0 Å². The van der Waals surface area contributed by atoms with Crippen molar-refractivity contribution in [1.29, 1.82) is 0 Å². The van der Waals surface area contributed by atoms with Gasteiger partial charge in [-0.15, -0.1) is 0 Å². The summed E-state index contributed by atoms with van der Waals surface area (Å²) in [5.74, 6) is 0.605. The third-order valence-electron chi connectivity index (χ3n) is 4.40. The minimum Gasteiger partial charge on any atom is -0.484 e. The molecule has 0 aliphatic carbocycles. The Morgan fingerprint density at radius 3 is 2.96 bits per heavy atom. The van der Waals surface area contributed by atoms with E-state index in [1.54, 1.807) is 11.0 Å². The van der Waals surface area contributed by atoms with Crippen molar-refractivity contribution < 1.29 is 14.3 Å². The molecule has 1 aliphatic rings. The lowest BCUT2D eigenvalue weighted by Crippen LogP contribution is -2.42. The molecule has 6 heteroatoms. The summed E-state index contributed by atoms with van der Waals surface area (Å²) < 4.78 is 11.0. The van der Waals surface area contributed by atoms with E-state index in [-0.39, 0.29) is 18.6 Å². The molecule has 0 unspecified atom stereocenters. The summed E-state index contributed by atoms with van der Waals surface area (Å²) in [7, 11) is 1.83. The van der Waals surface area contributed by atoms with E-state index >= 15 is 0 Å². The number of rotatable bonds is 5. The summed E-state index contributed by atoms with van der Waals surface area (Å²) >= 11 is 0. The molecule has 1 aromatic carbocycles. The average Bonchev–Trinajstić information content (AvgIpc) is 3.06. The van der Waals surface area contributed by atoms with Crippen molar-refractivity contribution in [2.75, 3.05) is 26.9 Å². The van der Waals surface area contributed by atoms with E-state index in [0.29, 0.717) is 19.0 Å². The van der Waals surface area contributed by atoms with Crippen LogP contribution in [0.2, 0.25) is 0 Å². The molecule has 24 heavy (non-hydrogen) atoms. The monoisotopic (exact) mass is 328 g/mol. The highest BCUT2D eigenvalue weighted by Crippen LogP contribution is 2.25. The highest BCUT2D eigenvalue weighted by Gasteiger charge is 2.22. The summed E-state index contributed by atoms with van der Waals surface area (Å²) in [6, 6.07) is 8.80. The summed E-state index contributed by atoms with van der Waals surface area (Å²) in [5, 5.41) is 6.96. The fourth-order valence-corrected chi connectivity index (χ4v) is 2.86. The van der Waals surface area contributed by atoms with Crippen LogP contribution in [0.25, 0.3) is 11.1 Å². The SMILES string of the molecule is Cc1n[nH]cc1-c1c[c]cc(OCC(=O)N(C)C2CCOCC2)c1. The molecule has 127 valence electrons. The van der Waals surface area contributed by atoms with Gasteiger partial charge in [-0.25, -0.2) is 0 Å². The molecule has 6 nitrogen and oxygen atoms in total. The van der Waals surface area contributed by atoms with Gasteiger partial charge < -0.3 is 14.4 Å². The third-order valence-corrected chi connectivity index (χ3v) is 4.40. The maximum atomic E-state index is 12.3. The standard InChI is InChI=1S/C18H22N3O3/c1-13-17(11-19-20-13)14-4-3-5-16(10-14)24-12-18(22)21(2)15-6-8-23-9-7-15/h4-5,10-11,15H,6-9,12H2,1-2H3,(H,19,20). The average molecular weight is 328 g/mol. The number of H-pyrrole nitrogens is 1. The number of nitrogens with zero attached hydrogens (tertiary/aromatic N) is 2. The number of benzene rings is 1. The van der Waals surface area contributed by atoms with Gasteiger partial charge in [0, 0.05) is 38.1 Å². The number of aryl methyl sites for hydroxylation is 1. The predicted molar refractivity (Wildman–Crippen MR) is 89.7 cm³/mol. The van der Waals surface area contributed by atoms with Crippen molar-refractivity contribution in [3.05, 3.63) is 36.2 Å². The van der Waals surface area contributed by atoms with Gasteiger partial charge >= 0.3 is 0 Å². The van der Waals surface area contributed by atoms with Crippen LogP contribution in [-0.2, 0) is 9.53 Å². The van der Waals surface area contributed by atoms with E-state index in [2.05, 4.69) is 16.3 Å². The number of aromatic amines is 1. The molecule has 1 aromatic heterocycles. The van der Waals surface area contributed by atoms with Crippen LogP contribution in [0.15, 0.2) is 24.4 Å². The van der Waals surface area contributed by atoms with Crippen molar-refractivity contribution >= 4 is 5.91 Å². The van der Waals surface area contributed by atoms with Gasteiger partial charge in [0.15, 0.2) is 6.61 Å². The first-order valence-corrected chi connectivity index (χ1v) is 8.13. The van der Waals surface area contributed by atoms with E-state index in [9.17, 15) is 4.79 Å². The highest BCUT2D eigenvalue weighted by atomic mass is 16.5. The Morgan fingerprint density at radius 1 is 1.46 bits per heavy atom. The third kappa shape index (κ3) is 3.76. The topological polar surface area (TPSA) is 67.5 Å². The highest BCUT2D eigenvalue weighted by molar-refractivity contribution is 5.78. The van der Waals surface area contributed by atoms with Gasteiger partial charge in [-0.2, -0.15) is 5.10 Å². The van der Waals surface area contributed by atoms with Crippen molar-refractivity contribution in [2.24, 2.45) is 0 Å². The van der Waals surface area contributed by atoms with Crippen LogP contribution in [0.3, 0.4) is 0 Å².